The molecule has 0 aromatic carbocycles. The molecule has 78 valence electrons. The van der Waals surface area contributed by atoms with Crippen LogP contribution in [0.2, 0.25) is 9.62 Å². The molecule has 0 unspecified atom stereocenters. The quantitative estimate of drug-likeness (QED) is 0.839. The lowest BCUT2D eigenvalue weighted by atomic mass is 10.2. The van der Waals surface area contributed by atoms with Crippen LogP contribution in [-0.4, -0.2) is 18.1 Å². The second-order valence-corrected chi connectivity index (χ2v) is 4.48. The van der Waals surface area contributed by atoms with Crippen molar-refractivity contribution in [2.75, 3.05) is 7.11 Å². The number of aromatic nitrogens is 1. The third-order valence-electron chi connectivity index (χ3n) is 1.53. The number of rotatable bonds is 3. The van der Waals surface area contributed by atoms with E-state index >= 15 is 0 Å². The van der Waals surface area contributed by atoms with Crippen LogP contribution in [0.4, 0.5) is 0 Å². The minimum absolute atomic E-state index is 0.0642. The lowest BCUT2D eigenvalue weighted by molar-refractivity contribution is -0.141. The third-order valence-corrected chi connectivity index (χ3v) is 3.23. The first kappa shape index (κ1) is 11.7. The number of ether oxygens (including phenoxy) is 1. The van der Waals surface area contributed by atoms with Gasteiger partial charge in [0, 0.05) is 0 Å². The Morgan fingerprint density at radius 2 is 2.36 bits per heavy atom. The lowest BCUT2D eigenvalue weighted by Crippen LogP contribution is -2.15. The molecule has 1 aromatic rings. The van der Waals surface area contributed by atoms with Gasteiger partial charge in [-0.3, -0.25) is 4.79 Å². The Morgan fingerprint density at radius 1 is 1.71 bits per heavy atom. The van der Waals surface area contributed by atoms with Crippen molar-refractivity contribution in [3.8, 4) is 0 Å². The van der Waals surface area contributed by atoms with E-state index in [1.54, 1.807) is 0 Å². The Morgan fingerprint density at radius 3 is 2.79 bits per heavy atom. The van der Waals surface area contributed by atoms with Gasteiger partial charge in [0.05, 0.1) is 24.4 Å². The van der Waals surface area contributed by atoms with Crippen LogP contribution >= 0.6 is 34.5 Å². The van der Waals surface area contributed by atoms with Crippen LogP contribution in [0, 0.1) is 0 Å². The summed E-state index contributed by atoms with van der Waals surface area (Å²) in [6.45, 7) is 0. The minimum Gasteiger partial charge on any atom is -0.469 e. The molecule has 0 saturated carbocycles. The van der Waals surface area contributed by atoms with Crippen LogP contribution in [0.5, 0.6) is 0 Å². The predicted molar refractivity (Wildman–Crippen MR) is 55.7 cm³/mol. The first-order valence-electron chi connectivity index (χ1n) is 3.68. The van der Waals surface area contributed by atoms with E-state index in [0.717, 1.165) is 11.3 Å². The van der Waals surface area contributed by atoms with Gasteiger partial charge in [0.25, 0.3) is 0 Å². The smallest absolute Gasteiger partial charge is 0.307 e. The number of carbonyl (C=O) groups is 1. The number of carbonyl (C=O) groups excluding carboxylic acids is 1. The number of nitrogens with zero attached hydrogens (tertiary/aromatic N) is 1. The van der Waals surface area contributed by atoms with E-state index in [2.05, 4.69) is 9.72 Å². The Bertz CT molecular complexity index is 342. The fourth-order valence-electron chi connectivity index (χ4n) is 0.872. The van der Waals surface area contributed by atoms with Gasteiger partial charge in [0.2, 0.25) is 0 Å². The molecule has 1 rings (SSSR count). The van der Waals surface area contributed by atoms with E-state index in [9.17, 15) is 4.79 Å². The Balaban J connectivity index is 2.73. The predicted octanol–water partition coefficient (Wildman–Crippen LogP) is 2.01. The van der Waals surface area contributed by atoms with Crippen LogP contribution < -0.4 is 5.73 Å². The average Bonchev–Trinajstić information content (AvgIpc) is 2.45. The monoisotopic (exact) mass is 254 g/mol. The fraction of sp³-hybridized carbons (Fsp3) is 0.429. The number of methoxy groups -OCH3 is 1. The van der Waals surface area contributed by atoms with Crippen molar-refractivity contribution < 1.29 is 9.53 Å². The molecule has 1 aromatic heterocycles. The van der Waals surface area contributed by atoms with Gasteiger partial charge < -0.3 is 10.5 Å². The standard InChI is InChI=1S/C7H8Cl2N2O2S/c1-13-4(12)2-3(10)5-6(8)11-7(9)14-5/h3H,2,10H2,1H3/t3-/m0/s1. The number of hydrogen-bond acceptors (Lipinski definition) is 5. The SMILES string of the molecule is COC(=O)C[C@H](N)c1sc(Cl)nc1Cl. The van der Waals surface area contributed by atoms with Crippen LogP contribution in [0.25, 0.3) is 0 Å². The molecule has 2 N–H and O–H groups in total. The van der Waals surface area contributed by atoms with Gasteiger partial charge in [-0.1, -0.05) is 23.2 Å². The molecule has 0 spiro atoms. The number of halogens is 2. The molecular weight excluding hydrogens is 247 g/mol. The van der Waals surface area contributed by atoms with Crippen LogP contribution in [-0.2, 0) is 9.53 Å². The highest BCUT2D eigenvalue weighted by Crippen LogP contribution is 2.32. The summed E-state index contributed by atoms with van der Waals surface area (Å²) >= 11 is 12.5. The number of thiazole rings is 1. The van der Waals surface area contributed by atoms with E-state index in [1.165, 1.54) is 7.11 Å². The Kier molecular flexibility index (Phi) is 4.12. The fourth-order valence-corrected chi connectivity index (χ4v) is 2.32. The van der Waals surface area contributed by atoms with Gasteiger partial charge in [-0.05, 0) is 0 Å². The molecule has 0 bridgehead atoms. The van der Waals surface area contributed by atoms with Crippen molar-refractivity contribution in [3.05, 3.63) is 14.5 Å². The van der Waals surface area contributed by atoms with E-state index in [0.29, 0.717) is 9.34 Å². The Hall–Kier alpha value is -0.360. The van der Waals surface area contributed by atoms with E-state index in [-0.39, 0.29) is 11.6 Å². The molecule has 1 atom stereocenters. The third kappa shape index (κ3) is 2.81. The van der Waals surface area contributed by atoms with Gasteiger partial charge in [0.15, 0.2) is 4.47 Å². The second-order valence-electron chi connectivity index (χ2n) is 2.51. The average molecular weight is 255 g/mol. The molecule has 0 aliphatic heterocycles. The van der Waals surface area contributed by atoms with Gasteiger partial charge in [-0.25, -0.2) is 4.98 Å². The number of esters is 1. The molecule has 7 heteroatoms. The lowest BCUT2D eigenvalue weighted by Gasteiger charge is -2.06. The molecule has 0 fully saturated rings. The van der Waals surface area contributed by atoms with E-state index < -0.39 is 12.0 Å². The highest BCUT2D eigenvalue weighted by atomic mass is 35.5. The maximum Gasteiger partial charge on any atom is 0.307 e. The first-order valence-corrected chi connectivity index (χ1v) is 5.26. The normalized spacial score (nSPS) is 12.6. The molecule has 0 aliphatic rings. The maximum absolute atomic E-state index is 10.9. The minimum atomic E-state index is -0.514. The first-order chi connectivity index (χ1) is 6.54. The molecule has 0 saturated heterocycles. The number of nitrogens with two attached hydrogens (primary N) is 1. The summed E-state index contributed by atoms with van der Waals surface area (Å²) in [5.74, 6) is -0.391. The van der Waals surface area contributed by atoms with E-state index in [1.807, 2.05) is 0 Å². The molecular formula is C7H8Cl2N2O2S. The summed E-state index contributed by atoms with van der Waals surface area (Å²) in [7, 11) is 1.30. The Labute approximate surface area is 95.0 Å². The van der Waals surface area contributed by atoms with Crippen molar-refractivity contribution in [3.63, 3.8) is 0 Å². The van der Waals surface area contributed by atoms with E-state index in [4.69, 9.17) is 28.9 Å². The highest BCUT2D eigenvalue weighted by molar-refractivity contribution is 7.16. The zero-order chi connectivity index (χ0) is 10.7. The van der Waals surface area contributed by atoms with Crippen LogP contribution in [0.1, 0.15) is 17.3 Å². The van der Waals surface area contributed by atoms with Crippen molar-refractivity contribution in [2.45, 2.75) is 12.5 Å². The highest BCUT2D eigenvalue weighted by Gasteiger charge is 2.18. The molecule has 1 heterocycles. The molecule has 0 radical (unpaired) electrons. The zero-order valence-electron chi connectivity index (χ0n) is 7.29. The number of hydrogen-bond donors (Lipinski definition) is 1. The van der Waals surface area contributed by atoms with Crippen LogP contribution in [0.15, 0.2) is 0 Å². The summed E-state index contributed by atoms with van der Waals surface area (Å²) < 4.78 is 4.79. The van der Waals surface area contributed by atoms with Crippen molar-refractivity contribution in [1.29, 1.82) is 0 Å². The van der Waals surface area contributed by atoms with Gasteiger partial charge in [-0.2, -0.15) is 0 Å². The largest absolute Gasteiger partial charge is 0.469 e. The van der Waals surface area contributed by atoms with Crippen molar-refractivity contribution in [2.24, 2.45) is 5.73 Å². The van der Waals surface area contributed by atoms with Gasteiger partial charge in [0.1, 0.15) is 5.15 Å². The summed E-state index contributed by atoms with van der Waals surface area (Å²) in [6, 6.07) is -0.514. The van der Waals surface area contributed by atoms with Gasteiger partial charge in [-0.15, -0.1) is 11.3 Å². The second kappa shape index (κ2) is 4.93. The summed E-state index contributed by atoms with van der Waals surface area (Å²) in [6.07, 6.45) is 0.0642. The molecule has 4 nitrogen and oxygen atoms in total. The molecule has 0 aliphatic carbocycles. The zero-order valence-corrected chi connectivity index (χ0v) is 9.62. The summed E-state index contributed by atoms with van der Waals surface area (Å²) in [5, 5.41) is 0.247. The molecule has 0 amide bonds. The van der Waals surface area contributed by atoms with Crippen LogP contribution in [0.3, 0.4) is 0 Å². The topological polar surface area (TPSA) is 65.2 Å². The summed E-state index contributed by atoms with van der Waals surface area (Å²) in [4.78, 5) is 15.3. The summed E-state index contributed by atoms with van der Waals surface area (Å²) in [5.41, 5.74) is 5.71. The van der Waals surface area contributed by atoms with Crippen molar-refractivity contribution in [1.82, 2.24) is 4.98 Å². The van der Waals surface area contributed by atoms with Gasteiger partial charge >= 0.3 is 5.97 Å². The van der Waals surface area contributed by atoms with Crippen molar-refractivity contribution >= 4 is 40.5 Å². The maximum atomic E-state index is 10.9. The molecule has 14 heavy (non-hydrogen) atoms.